The second-order valence-corrected chi connectivity index (χ2v) is 8.27. The highest BCUT2D eigenvalue weighted by molar-refractivity contribution is 8.18. The minimum atomic E-state index is -0.252. The summed E-state index contributed by atoms with van der Waals surface area (Å²) < 4.78 is 11.4. The van der Waals surface area contributed by atoms with Gasteiger partial charge in [-0.1, -0.05) is 12.1 Å². The van der Waals surface area contributed by atoms with Gasteiger partial charge >= 0.3 is 0 Å². The molecule has 2 N–H and O–H groups in total. The van der Waals surface area contributed by atoms with Crippen LogP contribution in [0.3, 0.4) is 0 Å². The first-order valence-corrected chi connectivity index (χ1v) is 10.4. The molecular formula is C21H23N3O4S. The predicted molar refractivity (Wildman–Crippen MR) is 113 cm³/mol. The van der Waals surface area contributed by atoms with Crippen molar-refractivity contribution in [1.82, 2.24) is 4.90 Å². The van der Waals surface area contributed by atoms with Gasteiger partial charge < -0.3 is 20.1 Å². The zero-order valence-electron chi connectivity index (χ0n) is 16.4. The van der Waals surface area contributed by atoms with Gasteiger partial charge in [0, 0.05) is 24.6 Å². The number of carbonyl (C=O) groups is 2. The van der Waals surface area contributed by atoms with Crippen molar-refractivity contribution in [2.24, 2.45) is 16.6 Å². The molecule has 3 heterocycles. The Labute approximate surface area is 173 Å². The van der Waals surface area contributed by atoms with Gasteiger partial charge in [0.2, 0.25) is 5.91 Å². The molecule has 0 bridgehead atoms. The highest BCUT2D eigenvalue weighted by atomic mass is 32.2. The normalized spacial score (nSPS) is 23.4. The van der Waals surface area contributed by atoms with E-state index in [1.165, 1.54) is 11.8 Å². The summed E-state index contributed by atoms with van der Waals surface area (Å²) >= 11 is 1.37. The summed E-state index contributed by atoms with van der Waals surface area (Å²) in [5.41, 5.74) is 7.22. The topological polar surface area (TPSA) is 94.2 Å². The van der Waals surface area contributed by atoms with Crippen LogP contribution >= 0.6 is 11.8 Å². The average Bonchev–Trinajstić information content (AvgIpc) is 3.08. The van der Waals surface area contributed by atoms with Crippen LogP contribution in [0.15, 0.2) is 39.7 Å². The van der Waals surface area contributed by atoms with E-state index in [1.807, 2.05) is 37.3 Å². The van der Waals surface area contributed by atoms with Crippen LogP contribution in [-0.4, -0.2) is 48.2 Å². The second-order valence-electron chi connectivity index (χ2n) is 7.26. The quantitative estimate of drug-likeness (QED) is 0.766. The van der Waals surface area contributed by atoms with Gasteiger partial charge in [-0.25, -0.2) is 0 Å². The van der Waals surface area contributed by atoms with Crippen LogP contribution in [0.25, 0.3) is 6.08 Å². The maximum atomic E-state index is 12.5. The molecule has 1 fully saturated rings. The van der Waals surface area contributed by atoms with Crippen molar-refractivity contribution >= 4 is 34.8 Å². The largest absolute Gasteiger partial charge is 0.493 e. The number of piperidine rings is 1. The molecule has 7 nitrogen and oxygen atoms in total. The standard InChI is InChI=1S/C21H23N3O4S/c1-12-15(10-14-4-3-5-16(27-2)18(14)28-12)11-17-20(26)23-21(29-17)24-8-6-13(7-9-24)19(22)25/h3-5,10-13H,6-9H2,1-2H3,(H2,22,25)/b17-11-. The first-order chi connectivity index (χ1) is 14.0. The van der Waals surface area contributed by atoms with Gasteiger partial charge in [0.1, 0.15) is 6.10 Å². The number of hydrogen-bond acceptors (Lipinski definition) is 6. The number of hydrogen-bond donors (Lipinski definition) is 1. The minimum Gasteiger partial charge on any atom is -0.493 e. The molecule has 3 aliphatic rings. The van der Waals surface area contributed by atoms with Crippen molar-refractivity contribution in [1.29, 1.82) is 0 Å². The number of nitrogens with two attached hydrogens (primary N) is 1. The second kappa shape index (κ2) is 7.94. The van der Waals surface area contributed by atoms with Gasteiger partial charge in [-0.15, -0.1) is 0 Å². The van der Waals surface area contributed by atoms with E-state index in [0.29, 0.717) is 47.5 Å². The lowest BCUT2D eigenvalue weighted by molar-refractivity contribution is -0.123. The van der Waals surface area contributed by atoms with E-state index in [-0.39, 0.29) is 23.8 Å². The van der Waals surface area contributed by atoms with Crippen LogP contribution in [0.2, 0.25) is 0 Å². The molecular weight excluding hydrogens is 390 g/mol. The lowest BCUT2D eigenvalue weighted by Gasteiger charge is -2.31. The first-order valence-electron chi connectivity index (χ1n) is 9.58. The van der Waals surface area contributed by atoms with Crippen molar-refractivity contribution in [2.45, 2.75) is 25.9 Å². The molecule has 0 spiro atoms. The van der Waals surface area contributed by atoms with Crippen LogP contribution in [0.5, 0.6) is 11.5 Å². The molecule has 1 saturated heterocycles. The van der Waals surface area contributed by atoms with Crippen LogP contribution in [0, 0.1) is 5.92 Å². The summed E-state index contributed by atoms with van der Waals surface area (Å²) in [5.74, 6) is 0.813. The molecule has 29 heavy (non-hydrogen) atoms. The summed E-state index contributed by atoms with van der Waals surface area (Å²) in [4.78, 5) is 30.7. The monoisotopic (exact) mass is 413 g/mol. The number of fused-ring (bicyclic) bond motifs is 1. The van der Waals surface area contributed by atoms with Crippen molar-refractivity contribution < 1.29 is 19.1 Å². The van der Waals surface area contributed by atoms with E-state index in [2.05, 4.69) is 9.89 Å². The van der Waals surface area contributed by atoms with Crippen molar-refractivity contribution in [3.8, 4) is 11.5 Å². The van der Waals surface area contributed by atoms with Crippen molar-refractivity contribution in [3.63, 3.8) is 0 Å². The zero-order chi connectivity index (χ0) is 20.5. The van der Waals surface area contributed by atoms with Gasteiger partial charge in [-0.3, -0.25) is 9.59 Å². The summed E-state index contributed by atoms with van der Waals surface area (Å²) in [5, 5.41) is 0.691. The van der Waals surface area contributed by atoms with Crippen LogP contribution in [0.4, 0.5) is 0 Å². The summed E-state index contributed by atoms with van der Waals surface area (Å²) in [6.07, 6.45) is 5.04. The fraction of sp³-hybridized carbons (Fsp3) is 0.381. The Balaban J connectivity index is 1.50. The number of benzene rings is 1. The van der Waals surface area contributed by atoms with E-state index < -0.39 is 0 Å². The minimum absolute atomic E-state index is 0.0913. The van der Waals surface area contributed by atoms with E-state index in [0.717, 1.165) is 11.1 Å². The lowest BCUT2D eigenvalue weighted by Crippen LogP contribution is -2.40. The van der Waals surface area contributed by atoms with Gasteiger partial charge in [-0.05, 0) is 55.3 Å². The smallest absolute Gasteiger partial charge is 0.286 e. The van der Waals surface area contributed by atoms with Crippen molar-refractivity contribution in [2.75, 3.05) is 20.2 Å². The number of ether oxygens (including phenoxy) is 2. The van der Waals surface area contributed by atoms with Gasteiger partial charge in [0.05, 0.1) is 12.0 Å². The molecule has 1 aromatic carbocycles. The molecule has 1 aromatic rings. The van der Waals surface area contributed by atoms with Crippen LogP contribution in [0.1, 0.15) is 25.3 Å². The van der Waals surface area contributed by atoms with Gasteiger partial charge in [0.15, 0.2) is 16.7 Å². The molecule has 3 aliphatic heterocycles. The van der Waals surface area contributed by atoms with E-state index >= 15 is 0 Å². The summed E-state index contributed by atoms with van der Waals surface area (Å²) in [6, 6.07) is 5.72. The van der Waals surface area contributed by atoms with E-state index in [4.69, 9.17) is 15.2 Å². The molecule has 1 atom stereocenters. The fourth-order valence-corrected chi connectivity index (χ4v) is 4.64. The molecule has 1 unspecified atom stereocenters. The molecule has 4 rings (SSSR count). The highest BCUT2D eigenvalue weighted by Crippen LogP contribution is 2.39. The number of amidine groups is 1. The SMILES string of the molecule is COc1cccc2c1OC(C)C(/C=C1\SC(N3CCC(C(N)=O)CC3)=NC1=O)=C2. The number of methoxy groups -OCH3 is 1. The average molecular weight is 413 g/mol. The number of rotatable bonds is 3. The van der Waals surface area contributed by atoms with Crippen LogP contribution < -0.4 is 15.2 Å². The number of para-hydroxylation sites is 1. The lowest BCUT2D eigenvalue weighted by atomic mass is 9.97. The van der Waals surface area contributed by atoms with E-state index in [1.54, 1.807) is 7.11 Å². The zero-order valence-corrected chi connectivity index (χ0v) is 17.2. The molecule has 0 saturated carbocycles. The summed E-state index contributed by atoms with van der Waals surface area (Å²) in [7, 11) is 1.61. The maximum Gasteiger partial charge on any atom is 0.286 e. The Morgan fingerprint density at radius 2 is 2.14 bits per heavy atom. The first kappa shape index (κ1) is 19.6. The third-order valence-corrected chi connectivity index (χ3v) is 6.43. The molecule has 8 heteroatoms. The van der Waals surface area contributed by atoms with E-state index in [9.17, 15) is 9.59 Å². The Morgan fingerprint density at radius 1 is 1.38 bits per heavy atom. The maximum absolute atomic E-state index is 12.5. The van der Waals surface area contributed by atoms with Gasteiger partial charge in [0.25, 0.3) is 5.91 Å². The number of nitrogens with zero attached hydrogens (tertiary/aromatic N) is 2. The Hall–Kier alpha value is -2.74. The molecule has 2 amide bonds. The molecule has 152 valence electrons. The highest BCUT2D eigenvalue weighted by Gasteiger charge is 2.31. The van der Waals surface area contributed by atoms with Crippen molar-refractivity contribution in [3.05, 3.63) is 40.3 Å². The molecule has 0 aromatic heterocycles. The number of primary amides is 1. The Kier molecular flexibility index (Phi) is 5.36. The number of likely N-dealkylation sites (tertiary alicyclic amines) is 1. The fourth-order valence-electron chi connectivity index (χ4n) is 3.67. The number of amides is 2. The predicted octanol–water partition coefficient (Wildman–Crippen LogP) is 2.57. The molecule has 0 aliphatic carbocycles. The van der Waals surface area contributed by atoms with Crippen LogP contribution in [-0.2, 0) is 9.59 Å². The Morgan fingerprint density at radius 3 is 2.83 bits per heavy atom. The third-order valence-electron chi connectivity index (χ3n) is 5.39. The number of aliphatic imine (C=N–C) groups is 1. The third kappa shape index (κ3) is 3.89. The number of carbonyl (C=O) groups excluding carboxylic acids is 2. The molecule has 0 radical (unpaired) electrons. The van der Waals surface area contributed by atoms with Gasteiger partial charge in [-0.2, -0.15) is 4.99 Å². The number of thioether (sulfide) groups is 1. The Bertz CT molecular complexity index is 945. The summed E-state index contributed by atoms with van der Waals surface area (Å²) in [6.45, 7) is 3.30.